The molecule has 0 spiro atoms. The van der Waals surface area contributed by atoms with Crippen molar-refractivity contribution in [1.82, 2.24) is 4.90 Å². The highest BCUT2D eigenvalue weighted by Crippen LogP contribution is 2.02. The van der Waals surface area contributed by atoms with Gasteiger partial charge in [-0.1, -0.05) is 6.42 Å². The fourth-order valence-corrected chi connectivity index (χ4v) is 1.67. The Kier molecular flexibility index (Phi) is 5.82. The van der Waals surface area contributed by atoms with Crippen LogP contribution in [0.3, 0.4) is 0 Å². The fourth-order valence-electron chi connectivity index (χ4n) is 1.45. The van der Waals surface area contributed by atoms with Crippen molar-refractivity contribution >= 4 is 12.6 Å². The molecule has 0 bridgehead atoms. The first-order valence-corrected chi connectivity index (χ1v) is 5.47. The summed E-state index contributed by atoms with van der Waals surface area (Å²) in [6.07, 6.45) is 3.90. The Morgan fingerprint density at radius 3 is 2.50 bits per heavy atom. The van der Waals surface area contributed by atoms with Crippen LogP contribution in [-0.4, -0.2) is 43.5 Å². The average molecular weight is 189 g/mol. The van der Waals surface area contributed by atoms with Gasteiger partial charge in [0.2, 0.25) is 0 Å². The molecule has 1 saturated heterocycles. The first-order valence-electron chi connectivity index (χ1n) is 4.84. The second-order valence-corrected chi connectivity index (χ2v) is 3.69. The summed E-state index contributed by atoms with van der Waals surface area (Å²) in [5.41, 5.74) is 0. The predicted molar refractivity (Wildman–Crippen MR) is 55.0 cm³/mol. The van der Waals surface area contributed by atoms with Gasteiger partial charge in [-0.2, -0.15) is 12.6 Å². The van der Waals surface area contributed by atoms with Gasteiger partial charge in [-0.05, 0) is 25.1 Å². The van der Waals surface area contributed by atoms with Crippen LogP contribution in [0.25, 0.3) is 0 Å². The molecule has 12 heavy (non-hydrogen) atoms. The molecule has 0 aliphatic carbocycles. The minimum atomic E-state index is 0.923. The molecule has 0 unspecified atom stereocenters. The number of hydrogen-bond acceptors (Lipinski definition) is 3. The van der Waals surface area contributed by atoms with E-state index in [1.165, 1.54) is 25.8 Å². The Hall–Kier alpha value is 0.270. The molecule has 1 aliphatic rings. The van der Waals surface area contributed by atoms with E-state index in [0.717, 1.165) is 32.1 Å². The van der Waals surface area contributed by atoms with Gasteiger partial charge in [0.05, 0.1) is 13.2 Å². The summed E-state index contributed by atoms with van der Waals surface area (Å²) in [5.74, 6) is 1.03. The Balaban J connectivity index is 1.91. The summed E-state index contributed by atoms with van der Waals surface area (Å²) in [7, 11) is 0. The maximum atomic E-state index is 5.27. The van der Waals surface area contributed by atoms with Crippen LogP contribution in [-0.2, 0) is 4.74 Å². The van der Waals surface area contributed by atoms with Crippen molar-refractivity contribution in [1.29, 1.82) is 0 Å². The first kappa shape index (κ1) is 10.4. The lowest BCUT2D eigenvalue weighted by atomic mass is 10.2. The van der Waals surface area contributed by atoms with Gasteiger partial charge in [-0.15, -0.1) is 0 Å². The normalized spacial score (nSPS) is 19.8. The third-order valence-electron chi connectivity index (χ3n) is 2.24. The number of morpholine rings is 1. The van der Waals surface area contributed by atoms with E-state index < -0.39 is 0 Å². The van der Waals surface area contributed by atoms with Gasteiger partial charge in [0.1, 0.15) is 0 Å². The van der Waals surface area contributed by atoms with E-state index in [4.69, 9.17) is 4.74 Å². The SMILES string of the molecule is SCCCCCN1CCOCC1. The molecule has 1 rings (SSSR count). The van der Waals surface area contributed by atoms with E-state index in [9.17, 15) is 0 Å². The van der Waals surface area contributed by atoms with Crippen molar-refractivity contribution in [3.05, 3.63) is 0 Å². The average Bonchev–Trinajstić information content (AvgIpc) is 2.14. The van der Waals surface area contributed by atoms with Gasteiger partial charge < -0.3 is 4.74 Å². The summed E-state index contributed by atoms with van der Waals surface area (Å²) >= 11 is 4.19. The van der Waals surface area contributed by atoms with Crippen LogP contribution in [0.15, 0.2) is 0 Å². The number of nitrogens with zero attached hydrogens (tertiary/aromatic N) is 1. The standard InChI is InChI=1S/C9H19NOS/c12-9-3-1-2-4-10-5-7-11-8-6-10/h12H,1-9H2. The highest BCUT2D eigenvalue weighted by molar-refractivity contribution is 7.80. The number of rotatable bonds is 5. The van der Waals surface area contributed by atoms with Gasteiger partial charge in [-0.25, -0.2) is 0 Å². The molecule has 72 valence electrons. The van der Waals surface area contributed by atoms with Crippen LogP contribution in [0, 0.1) is 0 Å². The van der Waals surface area contributed by atoms with Crippen LogP contribution in [0.4, 0.5) is 0 Å². The summed E-state index contributed by atoms with van der Waals surface area (Å²) in [6.45, 7) is 5.35. The molecule has 0 aromatic heterocycles. The molecule has 1 fully saturated rings. The molecule has 0 amide bonds. The molecule has 0 aromatic carbocycles. The number of unbranched alkanes of at least 4 members (excludes halogenated alkanes) is 2. The minimum absolute atomic E-state index is 0.923. The lowest BCUT2D eigenvalue weighted by Gasteiger charge is -2.26. The predicted octanol–water partition coefficient (Wildman–Crippen LogP) is 1.42. The number of thiol groups is 1. The van der Waals surface area contributed by atoms with Crippen LogP contribution >= 0.6 is 12.6 Å². The Morgan fingerprint density at radius 2 is 1.83 bits per heavy atom. The second kappa shape index (κ2) is 6.75. The quantitative estimate of drug-likeness (QED) is 0.519. The third-order valence-corrected chi connectivity index (χ3v) is 2.55. The molecule has 0 aromatic rings. The second-order valence-electron chi connectivity index (χ2n) is 3.24. The van der Waals surface area contributed by atoms with Crippen molar-refractivity contribution < 1.29 is 4.74 Å². The molecule has 1 heterocycles. The van der Waals surface area contributed by atoms with Gasteiger partial charge in [0.25, 0.3) is 0 Å². The smallest absolute Gasteiger partial charge is 0.0594 e. The molecular weight excluding hydrogens is 170 g/mol. The van der Waals surface area contributed by atoms with Crippen LogP contribution in [0.2, 0.25) is 0 Å². The van der Waals surface area contributed by atoms with Gasteiger partial charge >= 0.3 is 0 Å². The van der Waals surface area contributed by atoms with E-state index in [0.29, 0.717) is 0 Å². The summed E-state index contributed by atoms with van der Waals surface area (Å²) < 4.78 is 5.27. The lowest BCUT2D eigenvalue weighted by molar-refractivity contribution is 0.0372. The van der Waals surface area contributed by atoms with Crippen molar-refractivity contribution in [2.45, 2.75) is 19.3 Å². The monoisotopic (exact) mass is 189 g/mol. The van der Waals surface area contributed by atoms with Crippen molar-refractivity contribution in [2.24, 2.45) is 0 Å². The molecule has 2 nitrogen and oxygen atoms in total. The molecular formula is C9H19NOS. The number of hydrogen-bond donors (Lipinski definition) is 1. The van der Waals surface area contributed by atoms with Crippen molar-refractivity contribution in [3.8, 4) is 0 Å². The Bertz CT molecular complexity index is 105. The Labute approximate surface area is 80.7 Å². The van der Waals surface area contributed by atoms with Gasteiger partial charge in [0, 0.05) is 13.1 Å². The van der Waals surface area contributed by atoms with Crippen LogP contribution in [0.1, 0.15) is 19.3 Å². The largest absolute Gasteiger partial charge is 0.379 e. The maximum Gasteiger partial charge on any atom is 0.0594 e. The van der Waals surface area contributed by atoms with Crippen molar-refractivity contribution in [2.75, 3.05) is 38.6 Å². The number of ether oxygens (including phenoxy) is 1. The minimum Gasteiger partial charge on any atom is -0.379 e. The lowest BCUT2D eigenvalue weighted by Crippen LogP contribution is -2.36. The first-order chi connectivity index (χ1) is 5.93. The van der Waals surface area contributed by atoms with Crippen LogP contribution in [0.5, 0.6) is 0 Å². The molecule has 0 saturated carbocycles. The molecule has 1 aliphatic heterocycles. The van der Waals surface area contributed by atoms with E-state index >= 15 is 0 Å². The Morgan fingerprint density at radius 1 is 1.08 bits per heavy atom. The zero-order chi connectivity index (χ0) is 8.65. The summed E-state index contributed by atoms with van der Waals surface area (Å²) in [5, 5.41) is 0. The van der Waals surface area contributed by atoms with E-state index in [2.05, 4.69) is 17.5 Å². The van der Waals surface area contributed by atoms with E-state index in [1.54, 1.807) is 0 Å². The molecule has 0 N–H and O–H groups in total. The maximum absolute atomic E-state index is 5.27. The van der Waals surface area contributed by atoms with E-state index in [-0.39, 0.29) is 0 Å². The third kappa shape index (κ3) is 4.33. The van der Waals surface area contributed by atoms with Gasteiger partial charge in [0.15, 0.2) is 0 Å². The molecule has 3 heteroatoms. The summed E-state index contributed by atoms with van der Waals surface area (Å²) in [4.78, 5) is 2.49. The van der Waals surface area contributed by atoms with Gasteiger partial charge in [-0.3, -0.25) is 4.90 Å². The topological polar surface area (TPSA) is 12.5 Å². The highest BCUT2D eigenvalue weighted by atomic mass is 32.1. The van der Waals surface area contributed by atoms with Crippen LogP contribution < -0.4 is 0 Å². The van der Waals surface area contributed by atoms with E-state index in [1.807, 2.05) is 0 Å². The summed E-state index contributed by atoms with van der Waals surface area (Å²) in [6, 6.07) is 0. The zero-order valence-corrected chi connectivity index (χ0v) is 8.56. The van der Waals surface area contributed by atoms with Crippen molar-refractivity contribution in [3.63, 3.8) is 0 Å². The highest BCUT2D eigenvalue weighted by Gasteiger charge is 2.08. The fraction of sp³-hybridized carbons (Fsp3) is 1.00. The molecule has 0 atom stereocenters. The zero-order valence-electron chi connectivity index (χ0n) is 7.67. The molecule has 0 radical (unpaired) electrons.